The Hall–Kier alpha value is -2.72. The molecule has 1 aliphatic carbocycles. The average molecular weight is 450 g/mol. The Morgan fingerprint density at radius 2 is 1.70 bits per heavy atom. The summed E-state index contributed by atoms with van der Waals surface area (Å²) in [7, 11) is 0. The minimum atomic E-state index is -1.11. The van der Waals surface area contributed by atoms with Crippen molar-refractivity contribution in [2.45, 2.75) is 53.1 Å². The lowest BCUT2D eigenvalue weighted by molar-refractivity contribution is -0.123. The minimum Gasteiger partial charge on any atom is -0.449 e. The maximum absolute atomic E-state index is 12.7. The van der Waals surface area contributed by atoms with Crippen molar-refractivity contribution in [3.05, 3.63) is 32.0 Å². The van der Waals surface area contributed by atoms with Crippen LogP contribution in [0.2, 0.25) is 0 Å². The van der Waals surface area contributed by atoms with Crippen LogP contribution in [0, 0.1) is 13.8 Å². The maximum atomic E-state index is 12.7. The fourth-order valence-electron chi connectivity index (χ4n) is 3.36. The van der Waals surface area contributed by atoms with Gasteiger partial charge in [-0.25, -0.2) is 4.79 Å². The lowest BCUT2D eigenvalue weighted by Gasteiger charge is -2.14. The molecule has 4 N–H and O–H groups in total. The molecule has 1 aliphatic rings. The number of amides is 3. The first-order chi connectivity index (χ1) is 14.1. The summed E-state index contributed by atoms with van der Waals surface area (Å²) in [6.45, 7) is 6.39. The molecule has 3 amide bonds. The molecule has 1 unspecified atom stereocenters. The molecule has 10 heteroatoms. The molecule has 30 heavy (non-hydrogen) atoms. The number of nitrogens with two attached hydrogens (primary N) is 1. The van der Waals surface area contributed by atoms with Crippen molar-refractivity contribution in [2.24, 2.45) is 5.73 Å². The van der Waals surface area contributed by atoms with Crippen molar-refractivity contribution in [3.8, 4) is 0 Å². The lowest BCUT2D eigenvalue weighted by atomic mass is 10.1. The number of rotatable bonds is 6. The summed E-state index contributed by atoms with van der Waals surface area (Å²) >= 11 is 2.61. The van der Waals surface area contributed by atoms with Gasteiger partial charge >= 0.3 is 5.97 Å². The van der Waals surface area contributed by atoms with Crippen LogP contribution in [0.4, 0.5) is 10.0 Å². The highest BCUT2D eigenvalue weighted by molar-refractivity contribution is 7.17. The second kappa shape index (κ2) is 8.57. The molecule has 2 aromatic rings. The van der Waals surface area contributed by atoms with E-state index in [-0.39, 0.29) is 11.5 Å². The monoisotopic (exact) mass is 449 g/mol. The van der Waals surface area contributed by atoms with Gasteiger partial charge in [-0.2, -0.15) is 0 Å². The molecule has 1 atom stereocenters. The highest BCUT2D eigenvalue weighted by Gasteiger charge is 2.29. The van der Waals surface area contributed by atoms with Crippen LogP contribution in [0.3, 0.4) is 0 Å². The van der Waals surface area contributed by atoms with Crippen LogP contribution in [0.1, 0.15) is 61.9 Å². The third-order valence-corrected chi connectivity index (χ3v) is 7.27. The fraction of sp³-hybridized carbons (Fsp3) is 0.400. The van der Waals surface area contributed by atoms with Crippen molar-refractivity contribution >= 4 is 56.4 Å². The summed E-state index contributed by atoms with van der Waals surface area (Å²) in [6, 6.07) is 0. The number of carbonyl (C=O) groups is 4. The van der Waals surface area contributed by atoms with Crippen molar-refractivity contribution in [3.63, 3.8) is 0 Å². The third-order valence-electron chi connectivity index (χ3n) is 4.94. The van der Waals surface area contributed by atoms with E-state index in [1.54, 1.807) is 6.92 Å². The van der Waals surface area contributed by atoms with Gasteiger partial charge in [-0.1, -0.05) is 0 Å². The summed E-state index contributed by atoms with van der Waals surface area (Å²) in [5.74, 6) is -2.15. The molecule has 0 fully saturated rings. The van der Waals surface area contributed by atoms with Gasteiger partial charge in [0.15, 0.2) is 6.10 Å². The van der Waals surface area contributed by atoms with Crippen molar-refractivity contribution in [1.29, 1.82) is 0 Å². The first kappa shape index (κ1) is 22.0. The van der Waals surface area contributed by atoms with E-state index < -0.39 is 23.9 Å². The second-order valence-corrected chi connectivity index (χ2v) is 9.46. The predicted octanol–water partition coefficient (Wildman–Crippen LogP) is 3.16. The molecule has 0 aliphatic heterocycles. The Bertz CT molecular complexity index is 1050. The minimum absolute atomic E-state index is 0.236. The molecule has 160 valence electrons. The number of ether oxygens (including phenoxy) is 1. The van der Waals surface area contributed by atoms with E-state index >= 15 is 0 Å². The highest BCUT2D eigenvalue weighted by atomic mass is 32.1. The topological polar surface area (TPSA) is 128 Å². The van der Waals surface area contributed by atoms with Crippen molar-refractivity contribution in [2.75, 3.05) is 10.6 Å². The maximum Gasteiger partial charge on any atom is 0.342 e. The summed E-state index contributed by atoms with van der Waals surface area (Å²) in [5, 5.41) is 6.09. The zero-order valence-corrected chi connectivity index (χ0v) is 18.8. The van der Waals surface area contributed by atoms with Crippen LogP contribution < -0.4 is 16.4 Å². The molecular weight excluding hydrogens is 426 g/mol. The zero-order chi connectivity index (χ0) is 22.2. The first-order valence-corrected chi connectivity index (χ1v) is 11.1. The van der Waals surface area contributed by atoms with Gasteiger partial charge in [0.1, 0.15) is 10.0 Å². The largest absolute Gasteiger partial charge is 0.449 e. The number of fused-ring (bicyclic) bond motifs is 1. The van der Waals surface area contributed by atoms with Crippen molar-refractivity contribution < 1.29 is 23.9 Å². The fourth-order valence-corrected chi connectivity index (χ4v) is 5.75. The summed E-state index contributed by atoms with van der Waals surface area (Å²) < 4.78 is 5.36. The van der Waals surface area contributed by atoms with Gasteiger partial charge in [0.05, 0.1) is 11.1 Å². The van der Waals surface area contributed by atoms with Crippen LogP contribution in [0.5, 0.6) is 0 Å². The molecular formula is C20H23N3O5S2. The number of nitrogens with one attached hydrogen (secondary N) is 2. The van der Waals surface area contributed by atoms with Gasteiger partial charge in [0.2, 0.25) is 5.91 Å². The number of hydrogen-bond donors (Lipinski definition) is 3. The van der Waals surface area contributed by atoms with Crippen molar-refractivity contribution in [1.82, 2.24) is 0 Å². The Labute approximate surface area is 181 Å². The number of primary amides is 1. The van der Waals surface area contributed by atoms with E-state index in [0.29, 0.717) is 21.1 Å². The molecule has 0 bridgehead atoms. The number of anilines is 2. The Morgan fingerprint density at radius 1 is 1.03 bits per heavy atom. The summed E-state index contributed by atoms with van der Waals surface area (Å²) in [6.07, 6.45) is 1.45. The normalized spacial score (nSPS) is 13.5. The quantitative estimate of drug-likeness (QED) is 0.584. The lowest BCUT2D eigenvalue weighted by Crippen LogP contribution is -2.31. The first-order valence-electron chi connectivity index (χ1n) is 9.43. The Kier molecular flexibility index (Phi) is 6.27. The third kappa shape index (κ3) is 4.24. The molecule has 0 spiro atoms. The van der Waals surface area contributed by atoms with Gasteiger partial charge in [0.25, 0.3) is 11.8 Å². The standard InChI is InChI=1S/C20H23N3O5S2/c1-8-10(3)29-18(22-11(4)24)14(8)20(27)28-9(2)17(26)23-19-15(16(21)25)12-6-5-7-13(12)30-19/h9H,5-7H2,1-4H3,(H2,21,25)(H,22,24)(H,23,26). The number of hydrogen-bond acceptors (Lipinski definition) is 7. The Balaban J connectivity index is 1.75. The van der Waals surface area contributed by atoms with E-state index in [4.69, 9.17) is 10.5 Å². The number of esters is 1. The van der Waals surface area contributed by atoms with E-state index in [9.17, 15) is 19.2 Å². The van der Waals surface area contributed by atoms with Gasteiger partial charge in [-0.15, -0.1) is 22.7 Å². The average Bonchev–Trinajstić information content (AvgIpc) is 3.27. The van der Waals surface area contributed by atoms with E-state index in [0.717, 1.165) is 34.6 Å². The molecule has 0 saturated heterocycles. The zero-order valence-electron chi connectivity index (χ0n) is 17.1. The molecule has 0 radical (unpaired) electrons. The predicted molar refractivity (Wildman–Crippen MR) is 116 cm³/mol. The smallest absolute Gasteiger partial charge is 0.342 e. The van der Waals surface area contributed by atoms with Gasteiger partial charge in [-0.3, -0.25) is 14.4 Å². The summed E-state index contributed by atoms with van der Waals surface area (Å²) in [5.41, 5.74) is 7.68. The number of aryl methyl sites for hydroxylation is 2. The molecule has 3 rings (SSSR count). The van der Waals surface area contributed by atoms with Gasteiger partial charge < -0.3 is 21.1 Å². The summed E-state index contributed by atoms with van der Waals surface area (Å²) in [4.78, 5) is 50.6. The molecule has 0 saturated carbocycles. The van der Waals surface area contributed by atoms with Gasteiger partial charge in [-0.05, 0) is 51.2 Å². The number of carbonyl (C=O) groups excluding carboxylic acids is 4. The highest BCUT2D eigenvalue weighted by Crippen LogP contribution is 2.39. The second-order valence-electron chi connectivity index (χ2n) is 7.13. The van der Waals surface area contributed by atoms with Crippen LogP contribution in [-0.4, -0.2) is 29.8 Å². The van der Waals surface area contributed by atoms with Gasteiger partial charge in [0, 0.05) is 16.7 Å². The van der Waals surface area contributed by atoms with Crippen LogP contribution in [0.25, 0.3) is 0 Å². The molecule has 8 nitrogen and oxygen atoms in total. The van der Waals surface area contributed by atoms with E-state index in [2.05, 4.69) is 10.6 Å². The van der Waals surface area contributed by atoms with Crippen LogP contribution >= 0.6 is 22.7 Å². The molecule has 2 aromatic heterocycles. The number of thiophene rings is 2. The van der Waals surface area contributed by atoms with E-state index in [1.165, 1.54) is 36.5 Å². The van der Waals surface area contributed by atoms with E-state index in [1.807, 2.05) is 6.92 Å². The molecule has 2 heterocycles. The SMILES string of the molecule is CC(=O)Nc1sc(C)c(C)c1C(=O)OC(C)C(=O)Nc1sc2c(c1C(N)=O)CCC2. The Morgan fingerprint density at radius 3 is 2.33 bits per heavy atom. The van der Waals surface area contributed by atoms with Crippen LogP contribution in [-0.2, 0) is 27.2 Å². The molecule has 0 aromatic carbocycles. The van der Waals surface area contributed by atoms with Crippen LogP contribution in [0.15, 0.2) is 0 Å².